The van der Waals surface area contributed by atoms with Crippen molar-refractivity contribution in [3.05, 3.63) is 35.2 Å². The van der Waals surface area contributed by atoms with Gasteiger partial charge in [0, 0.05) is 12.0 Å². The molecule has 0 aliphatic rings. The highest BCUT2D eigenvalue weighted by atomic mass is 35.5. The molecule has 6 heteroatoms. The number of aromatic nitrogens is 2. The van der Waals surface area contributed by atoms with Crippen molar-refractivity contribution in [3.8, 4) is 11.4 Å². The number of carbonyl (C=O) groups is 1. The van der Waals surface area contributed by atoms with E-state index in [1.54, 1.807) is 6.07 Å². The highest BCUT2D eigenvalue weighted by Crippen LogP contribution is 2.24. The molecule has 20 heavy (non-hydrogen) atoms. The van der Waals surface area contributed by atoms with Crippen LogP contribution in [0.25, 0.3) is 11.4 Å². The van der Waals surface area contributed by atoms with Crippen molar-refractivity contribution in [2.24, 2.45) is 0 Å². The van der Waals surface area contributed by atoms with E-state index in [4.69, 9.17) is 16.1 Å². The van der Waals surface area contributed by atoms with Gasteiger partial charge in [-0.05, 0) is 18.6 Å². The van der Waals surface area contributed by atoms with Gasteiger partial charge >= 0.3 is 0 Å². The molecule has 1 heterocycles. The maximum atomic E-state index is 11.5. The van der Waals surface area contributed by atoms with E-state index in [1.807, 2.05) is 25.1 Å². The summed E-state index contributed by atoms with van der Waals surface area (Å²) in [6, 6.07) is 7.26. The van der Waals surface area contributed by atoms with E-state index in [1.165, 1.54) is 0 Å². The zero-order valence-corrected chi connectivity index (χ0v) is 12.0. The number of amides is 1. The second kappa shape index (κ2) is 7.05. The van der Waals surface area contributed by atoms with Crippen molar-refractivity contribution in [2.75, 3.05) is 0 Å². The number of carbonyl (C=O) groups excluding carboxylic acids is 1. The van der Waals surface area contributed by atoms with Crippen molar-refractivity contribution in [2.45, 2.75) is 32.7 Å². The van der Waals surface area contributed by atoms with E-state index in [-0.39, 0.29) is 12.5 Å². The Morgan fingerprint density at radius 3 is 2.95 bits per heavy atom. The molecule has 1 N–H and O–H groups in total. The minimum atomic E-state index is -0.00987. The molecule has 2 rings (SSSR count). The van der Waals surface area contributed by atoms with Gasteiger partial charge in [-0.25, -0.2) is 0 Å². The van der Waals surface area contributed by atoms with E-state index in [9.17, 15) is 4.79 Å². The molecule has 2 aromatic rings. The Morgan fingerprint density at radius 2 is 2.20 bits per heavy atom. The van der Waals surface area contributed by atoms with E-state index in [2.05, 4.69) is 15.5 Å². The number of benzene rings is 1. The quantitative estimate of drug-likeness (QED) is 0.888. The second-order valence-corrected chi connectivity index (χ2v) is 4.78. The SMILES string of the molecule is CCCCC(=O)NCc1nc(-c2ccccc2Cl)no1. The molecule has 1 amide bonds. The van der Waals surface area contributed by atoms with Gasteiger partial charge in [0.25, 0.3) is 0 Å². The van der Waals surface area contributed by atoms with Crippen LogP contribution >= 0.6 is 11.6 Å². The Labute approximate surface area is 122 Å². The van der Waals surface area contributed by atoms with Gasteiger partial charge in [0.2, 0.25) is 17.6 Å². The largest absolute Gasteiger partial charge is 0.347 e. The third kappa shape index (κ3) is 3.81. The highest BCUT2D eigenvalue weighted by molar-refractivity contribution is 6.33. The van der Waals surface area contributed by atoms with Gasteiger partial charge in [-0.2, -0.15) is 4.98 Å². The predicted molar refractivity (Wildman–Crippen MR) is 76.1 cm³/mol. The summed E-state index contributed by atoms with van der Waals surface area (Å²) in [6.45, 7) is 2.28. The number of rotatable bonds is 6. The molecule has 5 nitrogen and oxygen atoms in total. The van der Waals surface area contributed by atoms with Crippen molar-refractivity contribution < 1.29 is 9.32 Å². The molecule has 0 radical (unpaired) electrons. The molecule has 0 fully saturated rings. The lowest BCUT2D eigenvalue weighted by Crippen LogP contribution is -2.22. The standard InChI is InChI=1S/C14H16ClN3O2/c1-2-3-8-12(19)16-9-13-17-14(18-20-13)10-6-4-5-7-11(10)15/h4-7H,2-3,8-9H2,1H3,(H,16,19). The molecule has 0 aliphatic heterocycles. The molecule has 1 aromatic carbocycles. The molecule has 1 aromatic heterocycles. The first-order valence-corrected chi connectivity index (χ1v) is 6.92. The number of unbranched alkanes of at least 4 members (excludes halogenated alkanes) is 1. The fraction of sp³-hybridized carbons (Fsp3) is 0.357. The monoisotopic (exact) mass is 293 g/mol. The van der Waals surface area contributed by atoms with Crippen molar-refractivity contribution >= 4 is 17.5 Å². The van der Waals surface area contributed by atoms with Crippen LogP contribution in [0.5, 0.6) is 0 Å². The van der Waals surface area contributed by atoms with Gasteiger partial charge < -0.3 is 9.84 Å². The Morgan fingerprint density at radius 1 is 1.40 bits per heavy atom. The summed E-state index contributed by atoms with van der Waals surface area (Å²) in [5.74, 6) is 0.780. The fourth-order valence-electron chi connectivity index (χ4n) is 1.68. The van der Waals surface area contributed by atoms with Crippen LogP contribution in [0.2, 0.25) is 5.02 Å². The zero-order valence-electron chi connectivity index (χ0n) is 11.2. The summed E-state index contributed by atoms with van der Waals surface area (Å²) in [4.78, 5) is 15.7. The predicted octanol–water partition coefficient (Wildman–Crippen LogP) is 3.20. The molecular formula is C14H16ClN3O2. The van der Waals surface area contributed by atoms with Crippen LogP contribution in [0.15, 0.2) is 28.8 Å². The molecule has 106 valence electrons. The van der Waals surface area contributed by atoms with E-state index >= 15 is 0 Å². The molecule has 0 atom stereocenters. The van der Waals surface area contributed by atoms with Gasteiger partial charge in [0.1, 0.15) is 0 Å². The lowest BCUT2D eigenvalue weighted by atomic mass is 10.2. The molecule has 0 spiro atoms. The Hall–Kier alpha value is -1.88. The third-order valence-corrected chi connectivity index (χ3v) is 3.11. The Bertz CT molecular complexity index is 583. The van der Waals surface area contributed by atoms with Gasteiger partial charge in [0.05, 0.1) is 11.6 Å². The summed E-state index contributed by atoms with van der Waals surface area (Å²) in [5, 5.41) is 7.17. The Balaban J connectivity index is 1.96. The minimum absolute atomic E-state index is 0.00987. The number of nitrogens with one attached hydrogen (secondary N) is 1. The lowest BCUT2D eigenvalue weighted by Gasteiger charge is -2.00. The van der Waals surface area contributed by atoms with E-state index in [0.29, 0.717) is 28.7 Å². The average Bonchev–Trinajstić information content (AvgIpc) is 2.92. The summed E-state index contributed by atoms with van der Waals surface area (Å²) in [5.41, 5.74) is 0.710. The topological polar surface area (TPSA) is 68.0 Å². The maximum Gasteiger partial charge on any atom is 0.246 e. The van der Waals surface area contributed by atoms with Crippen LogP contribution in [-0.2, 0) is 11.3 Å². The van der Waals surface area contributed by atoms with E-state index < -0.39 is 0 Å². The van der Waals surface area contributed by atoms with Crippen LogP contribution in [0, 0.1) is 0 Å². The molecule has 0 aliphatic carbocycles. The molecule has 0 bridgehead atoms. The van der Waals surface area contributed by atoms with Gasteiger partial charge in [0.15, 0.2) is 0 Å². The van der Waals surface area contributed by atoms with Crippen LogP contribution < -0.4 is 5.32 Å². The lowest BCUT2D eigenvalue weighted by molar-refractivity contribution is -0.121. The summed E-state index contributed by atoms with van der Waals surface area (Å²) < 4.78 is 5.09. The van der Waals surface area contributed by atoms with Crippen molar-refractivity contribution in [1.29, 1.82) is 0 Å². The number of nitrogens with zero attached hydrogens (tertiary/aromatic N) is 2. The first-order chi connectivity index (χ1) is 9.70. The minimum Gasteiger partial charge on any atom is -0.347 e. The second-order valence-electron chi connectivity index (χ2n) is 4.37. The summed E-state index contributed by atoms with van der Waals surface area (Å²) in [7, 11) is 0. The smallest absolute Gasteiger partial charge is 0.246 e. The van der Waals surface area contributed by atoms with Gasteiger partial charge in [-0.3, -0.25) is 4.79 Å². The first kappa shape index (κ1) is 14.5. The van der Waals surface area contributed by atoms with Crippen LogP contribution in [0.4, 0.5) is 0 Å². The highest BCUT2D eigenvalue weighted by Gasteiger charge is 2.11. The zero-order chi connectivity index (χ0) is 14.4. The molecule has 0 saturated heterocycles. The van der Waals surface area contributed by atoms with Crippen LogP contribution in [0.3, 0.4) is 0 Å². The van der Waals surface area contributed by atoms with Crippen LogP contribution in [-0.4, -0.2) is 16.0 Å². The number of hydrogen-bond acceptors (Lipinski definition) is 4. The van der Waals surface area contributed by atoms with Gasteiger partial charge in [-0.15, -0.1) is 0 Å². The average molecular weight is 294 g/mol. The van der Waals surface area contributed by atoms with E-state index in [0.717, 1.165) is 12.8 Å². The first-order valence-electron chi connectivity index (χ1n) is 6.55. The Kier molecular flexibility index (Phi) is 5.12. The number of hydrogen-bond donors (Lipinski definition) is 1. The van der Waals surface area contributed by atoms with Crippen LogP contribution in [0.1, 0.15) is 32.1 Å². The molecule has 0 unspecified atom stereocenters. The number of halogens is 1. The van der Waals surface area contributed by atoms with Crippen molar-refractivity contribution in [1.82, 2.24) is 15.5 Å². The molecular weight excluding hydrogens is 278 g/mol. The van der Waals surface area contributed by atoms with Gasteiger partial charge in [-0.1, -0.05) is 42.2 Å². The third-order valence-electron chi connectivity index (χ3n) is 2.78. The molecule has 0 saturated carbocycles. The maximum absolute atomic E-state index is 11.5. The normalized spacial score (nSPS) is 10.5. The van der Waals surface area contributed by atoms with Crippen molar-refractivity contribution in [3.63, 3.8) is 0 Å². The summed E-state index contributed by atoms with van der Waals surface area (Å²) in [6.07, 6.45) is 2.38. The fourth-order valence-corrected chi connectivity index (χ4v) is 1.90. The summed E-state index contributed by atoms with van der Waals surface area (Å²) >= 11 is 6.06.